The molecule has 0 saturated carbocycles. The van der Waals surface area contributed by atoms with E-state index in [0.29, 0.717) is 6.54 Å². The molecule has 2 nitrogen and oxygen atoms in total. The van der Waals surface area contributed by atoms with Crippen LogP contribution in [0.15, 0.2) is 94.9 Å². The first-order chi connectivity index (χ1) is 13.3. The molecule has 0 bridgehead atoms. The van der Waals surface area contributed by atoms with Crippen molar-refractivity contribution in [2.45, 2.75) is 13.5 Å². The Morgan fingerprint density at radius 2 is 1.41 bits per heavy atom. The molecule has 3 heteroatoms. The average Bonchev–Trinajstić information content (AvgIpc) is 2.72. The maximum Gasteiger partial charge on any atom is 0.218 e. The Morgan fingerprint density at radius 1 is 0.778 bits per heavy atom. The van der Waals surface area contributed by atoms with Crippen LogP contribution in [0.4, 0.5) is 0 Å². The Kier molecular flexibility index (Phi) is 4.99. The van der Waals surface area contributed by atoms with Gasteiger partial charge in [-0.3, -0.25) is 4.99 Å². The number of halogens is 1. The van der Waals surface area contributed by atoms with Crippen LogP contribution in [0.3, 0.4) is 0 Å². The van der Waals surface area contributed by atoms with Crippen LogP contribution >= 0.6 is 11.6 Å². The Morgan fingerprint density at radius 3 is 2.15 bits per heavy atom. The van der Waals surface area contributed by atoms with Gasteiger partial charge in [-0.1, -0.05) is 84.9 Å². The third-order valence-electron chi connectivity index (χ3n) is 4.70. The summed E-state index contributed by atoms with van der Waals surface area (Å²) < 4.78 is 0. The van der Waals surface area contributed by atoms with E-state index < -0.39 is 0 Å². The second-order valence-electron chi connectivity index (χ2n) is 6.35. The first-order valence-electron chi connectivity index (χ1n) is 8.96. The molecular formula is C24H19ClN2. The zero-order valence-corrected chi connectivity index (χ0v) is 15.8. The lowest BCUT2D eigenvalue weighted by Crippen LogP contribution is -2.10. The summed E-state index contributed by atoms with van der Waals surface area (Å²) in [7, 11) is 0. The molecule has 27 heavy (non-hydrogen) atoms. The van der Waals surface area contributed by atoms with Gasteiger partial charge in [-0.15, -0.1) is 0 Å². The second-order valence-corrected chi connectivity index (χ2v) is 6.69. The van der Waals surface area contributed by atoms with E-state index in [0.717, 1.165) is 28.0 Å². The van der Waals surface area contributed by atoms with Crippen molar-refractivity contribution in [3.05, 3.63) is 102 Å². The Balaban J connectivity index is 1.80. The summed E-state index contributed by atoms with van der Waals surface area (Å²) in [5, 5.41) is 0.283. The number of rotatable bonds is 2. The van der Waals surface area contributed by atoms with E-state index in [-0.39, 0.29) is 5.29 Å². The molecule has 0 saturated heterocycles. The second kappa shape index (κ2) is 7.73. The van der Waals surface area contributed by atoms with Gasteiger partial charge in [0.25, 0.3) is 0 Å². The molecule has 0 atom stereocenters. The predicted molar refractivity (Wildman–Crippen MR) is 116 cm³/mol. The zero-order valence-electron chi connectivity index (χ0n) is 15.1. The molecule has 3 aromatic rings. The first-order valence-corrected chi connectivity index (χ1v) is 9.33. The van der Waals surface area contributed by atoms with Gasteiger partial charge in [0.2, 0.25) is 5.29 Å². The van der Waals surface area contributed by atoms with Crippen LogP contribution in [0.1, 0.15) is 23.6 Å². The van der Waals surface area contributed by atoms with Crippen molar-refractivity contribution in [1.29, 1.82) is 0 Å². The fourth-order valence-electron chi connectivity index (χ4n) is 3.35. The number of benzene rings is 3. The molecule has 1 heterocycles. The SMILES string of the molecule is C/C=C1/C(c2ccc(-c3ccccc3)cc2)=N\C(Cl)=NCc2ccccc21. The van der Waals surface area contributed by atoms with Crippen molar-refractivity contribution in [3.8, 4) is 11.1 Å². The highest BCUT2D eigenvalue weighted by Crippen LogP contribution is 2.28. The van der Waals surface area contributed by atoms with Crippen LogP contribution in [-0.2, 0) is 6.54 Å². The monoisotopic (exact) mass is 370 g/mol. The summed E-state index contributed by atoms with van der Waals surface area (Å²) in [5.41, 5.74) is 7.61. The number of fused-ring (bicyclic) bond motifs is 1. The number of hydrogen-bond donors (Lipinski definition) is 0. The van der Waals surface area contributed by atoms with E-state index in [1.807, 2.05) is 37.3 Å². The van der Waals surface area contributed by atoms with Crippen molar-refractivity contribution in [2.24, 2.45) is 9.98 Å². The number of amidine groups is 1. The van der Waals surface area contributed by atoms with Crippen LogP contribution in [0.5, 0.6) is 0 Å². The highest BCUT2D eigenvalue weighted by molar-refractivity contribution is 6.66. The van der Waals surface area contributed by atoms with Gasteiger partial charge in [-0.05, 0) is 40.8 Å². The largest absolute Gasteiger partial charge is 0.251 e. The summed E-state index contributed by atoms with van der Waals surface area (Å²) in [4.78, 5) is 9.03. The topological polar surface area (TPSA) is 24.7 Å². The van der Waals surface area contributed by atoms with Crippen molar-refractivity contribution in [1.82, 2.24) is 0 Å². The Hall–Kier alpha value is -2.97. The molecule has 0 unspecified atom stereocenters. The van der Waals surface area contributed by atoms with Gasteiger partial charge < -0.3 is 0 Å². The van der Waals surface area contributed by atoms with Crippen molar-refractivity contribution in [2.75, 3.05) is 0 Å². The normalized spacial score (nSPS) is 17.3. The molecule has 0 aliphatic carbocycles. The zero-order chi connectivity index (χ0) is 18.6. The number of aliphatic imine (C=N–C) groups is 2. The standard InChI is InChI=1S/C24H19ClN2/c1-2-21-22-11-7-6-10-20(22)16-26-24(25)27-23(21)19-14-12-18(13-15-19)17-8-4-3-5-9-17/h2-15H,16H2,1H3/b21-2+,26-24?,27-23-. The fraction of sp³-hybridized carbons (Fsp3) is 0.0833. The summed E-state index contributed by atoms with van der Waals surface area (Å²) in [5.74, 6) is 0. The summed E-state index contributed by atoms with van der Waals surface area (Å²) >= 11 is 6.29. The van der Waals surface area contributed by atoms with Crippen molar-refractivity contribution in [3.63, 3.8) is 0 Å². The molecular weight excluding hydrogens is 352 g/mol. The summed E-state index contributed by atoms with van der Waals surface area (Å²) in [6.07, 6.45) is 2.10. The van der Waals surface area contributed by atoms with Gasteiger partial charge in [0.15, 0.2) is 0 Å². The molecule has 132 valence electrons. The van der Waals surface area contributed by atoms with Gasteiger partial charge in [0, 0.05) is 11.1 Å². The van der Waals surface area contributed by atoms with E-state index in [4.69, 9.17) is 11.6 Å². The van der Waals surface area contributed by atoms with Gasteiger partial charge in [0.1, 0.15) is 0 Å². The minimum atomic E-state index is 0.283. The Labute approximate surface area is 164 Å². The Bertz CT molecular complexity index is 1050. The number of hydrogen-bond acceptors (Lipinski definition) is 2. The van der Waals surface area contributed by atoms with Crippen LogP contribution in [0.2, 0.25) is 0 Å². The molecule has 0 fully saturated rings. The van der Waals surface area contributed by atoms with E-state index in [2.05, 4.69) is 64.6 Å². The third kappa shape index (κ3) is 3.62. The van der Waals surface area contributed by atoms with E-state index >= 15 is 0 Å². The molecule has 1 aliphatic heterocycles. The quantitative estimate of drug-likeness (QED) is 0.469. The van der Waals surface area contributed by atoms with Crippen LogP contribution in [0, 0.1) is 0 Å². The average molecular weight is 371 g/mol. The van der Waals surface area contributed by atoms with Gasteiger partial charge in [-0.25, -0.2) is 4.99 Å². The first kappa shape index (κ1) is 17.4. The van der Waals surface area contributed by atoms with E-state index in [9.17, 15) is 0 Å². The lowest BCUT2D eigenvalue weighted by molar-refractivity contribution is 1.06. The third-order valence-corrected chi connectivity index (χ3v) is 4.90. The van der Waals surface area contributed by atoms with Crippen LogP contribution < -0.4 is 0 Å². The smallest absolute Gasteiger partial charge is 0.218 e. The van der Waals surface area contributed by atoms with E-state index in [1.165, 1.54) is 11.1 Å². The minimum Gasteiger partial charge on any atom is -0.251 e. The lowest BCUT2D eigenvalue weighted by atomic mass is 9.91. The summed E-state index contributed by atoms with van der Waals surface area (Å²) in [6.45, 7) is 2.57. The fourth-order valence-corrected chi connectivity index (χ4v) is 3.49. The molecule has 4 rings (SSSR count). The molecule has 0 amide bonds. The summed E-state index contributed by atoms with van der Waals surface area (Å²) in [6, 6.07) is 27.1. The molecule has 0 N–H and O–H groups in total. The predicted octanol–water partition coefficient (Wildman–Crippen LogP) is 6.35. The minimum absolute atomic E-state index is 0.283. The maximum atomic E-state index is 6.29. The molecule has 3 aromatic carbocycles. The number of nitrogens with zero attached hydrogens (tertiary/aromatic N) is 2. The molecule has 0 aromatic heterocycles. The van der Waals surface area contributed by atoms with Crippen LogP contribution in [-0.4, -0.2) is 11.0 Å². The van der Waals surface area contributed by atoms with Crippen molar-refractivity contribution >= 4 is 28.2 Å². The van der Waals surface area contributed by atoms with Gasteiger partial charge in [0.05, 0.1) is 12.3 Å². The van der Waals surface area contributed by atoms with Crippen LogP contribution in [0.25, 0.3) is 16.7 Å². The van der Waals surface area contributed by atoms with Crippen molar-refractivity contribution < 1.29 is 0 Å². The number of allylic oxidation sites excluding steroid dienone is 2. The molecule has 0 spiro atoms. The van der Waals surface area contributed by atoms with Gasteiger partial charge in [-0.2, -0.15) is 0 Å². The maximum absolute atomic E-state index is 6.29. The molecule has 1 aliphatic rings. The molecule has 0 radical (unpaired) electrons. The van der Waals surface area contributed by atoms with E-state index in [1.54, 1.807) is 0 Å². The highest BCUT2D eigenvalue weighted by atomic mass is 35.5. The highest BCUT2D eigenvalue weighted by Gasteiger charge is 2.17. The lowest BCUT2D eigenvalue weighted by Gasteiger charge is -2.17. The van der Waals surface area contributed by atoms with Gasteiger partial charge >= 0.3 is 0 Å².